The highest BCUT2D eigenvalue weighted by atomic mass is 19.4. The first-order chi connectivity index (χ1) is 18.2. The molecule has 1 aliphatic heterocycles. The lowest BCUT2D eigenvalue weighted by Gasteiger charge is -2.58. The molecule has 1 amide bonds. The summed E-state index contributed by atoms with van der Waals surface area (Å²) in [6.45, 7) is 7.13. The number of nitrogens with two attached hydrogens (primary N) is 1. The van der Waals surface area contributed by atoms with Crippen molar-refractivity contribution in [1.82, 2.24) is 24.5 Å². The SMILES string of the molecule is CC(C)(C)OC(=O)N1CC2(CC(n3nc(-c4cnn(Cc5ccc(CC(F)(F)F)cc5)c4)c(C#N)c3N)C2)C1. The maximum Gasteiger partial charge on any atom is 0.410 e. The number of carbonyl (C=O) groups is 1. The van der Waals surface area contributed by atoms with E-state index in [4.69, 9.17) is 10.5 Å². The largest absolute Gasteiger partial charge is 0.444 e. The van der Waals surface area contributed by atoms with E-state index >= 15 is 0 Å². The van der Waals surface area contributed by atoms with Gasteiger partial charge in [0.1, 0.15) is 28.7 Å². The smallest absolute Gasteiger partial charge is 0.410 e. The number of aromatic nitrogens is 4. The van der Waals surface area contributed by atoms with Gasteiger partial charge in [-0.2, -0.15) is 28.6 Å². The van der Waals surface area contributed by atoms with Gasteiger partial charge in [-0.3, -0.25) is 4.68 Å². The van der Waals surface area contributed by atoms with Gasteiger partial charge in [-0.15, -0.1) is 0 Å². The monoisotopic (exact) mass is 541 g/mol. The number of nitrogen functional groups attached to an aromatic ring is 1. The van der Waals surface area contributed by atoms with Crippen LogP contribution in [0.25, 0.3) is 11.3 Å². The number of nitrogens with zero attached hydrogens (tertiary/aromatic N) is 6. The van der Waals surface area contributed by atoms with Crippen LogP contribution in [0.3, 0.4) is 0 Å². The Morgan fingerprint density at radius 2 is 1.82 bits per heavy atom. The summed E-state index contributed by atoms with van der Waals surface area (Å²) in [6, 6.07) is 8.40. The van der Waals surface area contributed by atoms with Gasteiger partial charge in [-0.1, -0.05) is 24.3 Å². The number of anilines is 1. The van der Waals surface area contributed by atoms with Gasteiger partial charge in [0.2, 0.25) is 0 Å². The fraction of sp³-hybridized carbons (Fsp3) is 0.481. The number of benzene rings is 1. The minimum atomic E-state index is -4.25. The number of hydrogen-bond donors (Lipinski definition) is 1. The quantitative estimate of drug-likeness (QED) is 0.490. The predicted octanol–water partition coefficient (Wildman–Crippen LogP) is 4.93. The van der Waals surface area contributed by atoms with Crippen molar-refractivity contribution in [3.05, 3.63) is 53.3 Å². The van der Waals surface area contributed by atoms with Gasteiger partial charge in [0.25, 0.3) is 0 Å². The van der Waals surface area contributed by atoms with Crippen LogP contribution in [-0.4, -0.2) is 55.4 Å². The molecule has 9 nitrogen and oxygen atoms in total. The van der Waals surface area contributed by atoms with Crippen molar-refractivity contribution in [3.63, 3.8) is 0 Å². The standard InChI is InChI=1S/C27H30F3N7O2/c1-25(2,3)39-24(38)35-15-26(16-35)9-20(10-26)37-23(32)21(11-31)22(34-37)19-12-33-36(14-19)13-18-6-4-17(5-7-18)8-27(28,29)30/h4-7,12,14,20H,8-10,13,15-16,32H2,1-3H3. The summed E-state index contributed by atoms with van der Waals surface area (Å²) in [7, 11) is 0. The van der Waals surface area contributed by atoms with Gasteiger partial charge in [-0.05, 0) is 44.7 Å². The van der Waals surface area contributed by atoms with E-state index in [2.05, 4.69) is 16.3 Å². The summed E-state index contributed by atoms with van der Waals surface area (Å²) in [4.78, 5) is 14.0. The molecule has 1 spiro atoms. The van der Waals surface area contributed by atoms with E-state index in [0.29, 0.717) is 36.7 Å². The number of ether oxygens (including phenoxy) is 1. The molecule has 1 aromatic carbocycles. The molecular weight excluding hydrogens is 511 g/mol. The van der Waals surface area contributed by atoms with Gasteiger partial charge >= 0.3 is 12.3 Å². The van der Waals surface area contributed by atoms with Crippen molar-refractivity contribution in [2.24, 2.45) is 5.41 Å². The second-order valence-electron chi connectivity index (χ2n) is 11.6. The third kappa shape index (κ3) is 5.57. The van der Waals surface area contributed by atoms with Crippen LogP contribution in [0.5, 0.6) is 0 Å². The van der Waals surface area contributed by atoms with E-state index in [1.54, 1.807) is 38.8 Å². The Kier molecular flexibility index (Phi) is 6.36. The lowest BCUT2D eigenvalue weighted by atomic mass is 9.61. The topological polar surface area (TPSA) is 115 Å². The average molecular weight is 542 g/mol. The molecule has 206 valence electrons. The Balaban J connectivity index is 1.24. The molecule has 5 rings (SSSR count). The molecule has 1 saturated carbocycles. The van der Waals surface area contributed by atoms with Gasteiger partial charge in [0.15, 0.2) is 0 Å². The fourth-order valence-electron chi connectivity index (χ4n) is 5.38. The van der Waals surface area contributed by atoms with Crippen LogP contribution in [0.2, 0.25) is 0 Å². The average Bonchev–Trinajstić information content (AvgIpc) is 3.35. The summed E-state index contributed by atoms with van der Waals surface area (Å²) in [5.41, 5.74) is 8.14. The highest BCUT2D eigenvalue weighted by Gasteiger charge is 2.55. The van der Waals surface area contributed by atoms with Crippen molar-refractivity contribution in [2.75, 3.05) is 18.8 Å². The van der Waals surface area contributed by atoms with Crippen molar-refractivity contribution in [3.8, 4) is 17.3 Å². The van der Waals surface area contributed by atoms with Crippen LogP contribution in [0.4, 0.5) is 23.8 Å². The first-order valence-corrected chi connectivity index (χ1v) is 12.7. The Morgan fingerprint density at radius 3 is 2.41 bits per heavy atom. The minimum absolute atomic E-state index is 0.0213. The molecule has 12 heteroatoms. The van der Waals surface area contributed by atoms with Crippen LogP contribution in [0.15, 0.2) is 36.7 Å². The number of carbonyl (C=O) groups excluding carboxylic acids is 1. The van der Waals surface area contributed by atoms with E-state index in [9.17, 15) is 23.2 Å². The minimum Gasteiger partial charge on any atom is -0.444 e. The highest BCUT2D eigenvalue weighted by Crippen LogP contribution is 2.55. The number of amides is 1. The molecule has 1 saturated heterocycles. The Bertz CT molecular complexity index is 1410. The van der Waals surface area contributed by atoms with Gasteiger partial charge in [0.05, 0.1) is 25.2 Å². The summed E-state index contributed by atoms with van der Waals surface area (Å²) >= 11 is 0. The number of hydrogen-bond acceptors (Lipinski definition) is 6. The normalized spacial score (nSPS) is 17.0. The third-order valence-electron chi connectivity index (χ3n) is 7.13. The van der Waals surface area contributed by atoms with Gasteiger partial charge < -0.3 is 15.4 Å². The maximum atomic E-state index is 12.6. The van der Waals surface area contributed by atoms with E-state index in [1.807, 2.05) is 20.8 Å². The zero-order chi connectivity index (χ0) is 28.2. The molecule has 2 fully saturated rings. The molecular formula is C27H30F3N7O2. The lowest BCUT2D eigenvalue weighted by Crippen LogP contribution is -2.64. The first-order valence-electron chi connectivity index (χ1n) is 12.7. The highest BCUT2D eigenvalue weighted by molar-refractivity contribution is 5.72. The van der Waals surface area contributed by atoms with Crippen LogP contribution in [-0.2, 0) is 17.7 Å². The predicted molar refractivity (Wildman–Crippen MR) is 136 cm³/mol. The second-order valence-corrected chi connectivity index (χ2v) is 11.6. The van der Waals surface area contributed by atoms with Gasteiger partial charge in [0, 0.05) is 30.3 Å². The van der Waals surface area contributed by atoms with Gasteiger partial charge in [-0.25, -0.2) is 9.48 Å². The van der Waals surface area contributed by atoms with E-state index in [-0.39, 0.29) is 28.7 Å². The maximum absolute atomic E-state index is 12.6. The van der Waals surface area contributed by atoms with Crippen LogP contribution < -0.4 is 5.73 Å². The zero-order valence-corrected chi connectivity index (χ0v) is 22.0. The number of likely N-dealkylation sites (tertiary alicyclic amines) is 1. The van der Waals surface area contributed by atoms with E-state index in [0.717, 1.165) is 18.4 Å². The molecule has 2 N–H and O–H groups in total. The molecule has 3 heterocycles. The molecule has 2 aliphatic rings. The van der Waals surface area contributed by atoms with Crippen molar-refractivity contribution < 1.29 is 22.7 Å². The number of halogens is 3. The second kappa shape index (κ2) is 9.32. The number of nitriles is 1. The summed E-state index contributed by atoms with van der Waals surface area (Å²) in [6.07, 6.45) is -0.594. The Hall–Kier alpha value is -4.01. The summed E-state index contributed by atoms with van der Waals surface area (Å²) < 4.78 is 46.6. The Labute approximate surface area is 223 Å². The zero-order valence-electron chi connectivity index (χ0n) is 22.0. The molecule has 2 aromatic heterocycles. The summed E-state index contributed by atoms with van der Waals surface area (Å²) in [5.74, 6) is 0.295. The van der Waals surface area contributed by atoms with Crippen molar-refractivity contribution in [2.45, 2.75) is 64.4 Å². The molecule has 1 aliphatic carbocycles. The lowest BCUT2D eigenvalue weighted by molar-refractivity contribution is -0.127. The molecule has 0 radical (unpaired) electrons. The third-order valence-corrected chi connectivity index (χ3v) is 7.13. The molecule has 3 aromatic rings. The first kappa shape index (κ1) is 26.6. The molecule has 39 heavy (non-hydrogen) atoms. The van der Waals surface area contributed by atoms with Crippen LogP contribution >= 0.6 is 0 Å². The molecule has 0 atom stereocenters. The van der Waals surface area contributed by atoms with E-state index in [1.165, 1.54) is 12.1 Å². The van der Waals surface area contributed by atoms with Crippen LogP contribution in [0.1, 0.15) is 56.3 Å². The molecule has 0 unspecified atom stereocenters. The van der Waals surface area contributed by atoms with Crippen molar-refractivity contribution >= 4 is 11.9 Å². The molecule has 0 bridgehead atoms. The number of alkyl halides is 3. The van der Waals surface area contributed by atoms with E-state index < -0.39 is 18.2 Å². The Morgan fingerprint density at radius 1 is 1.18 bits per heavy atom. The summed E-state index contributed by atoms with van der Waals surface area (Å²) in [5, 5.41) is 18.8. The van der Waals surface area contributed by atoms with Crippen LogP contribution in [0, 0.1) is 16.7 Å². The number of rotatable bonds is 5. The fourth-order valence-corrected chi connectivity index (χ4v) is 5.38. The van der Waals surface area contributed by atoms with Crippen molar-refractivity contribution in [1.29, 1.82) is 5.26 Å².